The molecule has 1 atom stereocenters. The lowest BCUT2D eigenvalue weighted by Gasteiger charge is -2.28. The monoisotopic (exact) mass is 368 g/mol. The first-order valence-electron chi connectivity index (χ1n) is 9.42. The van der Waals surface area contributed by atoms with Crippen LogP contribution in [0.5, 0.6) is 5.75 Å². The Morgan fingerprint density at radius 3 is 2.30 bits per heavy atom. The van der Waals surface area contributed by atoms with Crippen LogP contribution in [0.2, 0.25) is 0 Å². The zero-order chi connectivity index (χ0) is 19.6. The van der Waals surface area contributed by atoms with E-state index < -0.39 is 6.04 Å². The minimum absolute atomic E-state index is 0.0586. The van der Waals surface area contributed by atoms with Gasteiger partial charge < -0.3 is 15.0 Å². The van der Waals surface area contributed by atoms with Gasteiger partial charge in [-0.25, -0.2) is 0 Å². The molecule has 0 spiro atoms. The predicted octanol–water partition coefficient (Wildman–Crippen LogP) is 3.89. The SMILES string of the molecule is CCCN(C(=O)Cc1ccc(OCC)cc1)C(C)C(=O)Nc1ccccc1. The van der Waals surface area contributed by atoms with Crippen molar-refractivity contribution in [3.63, 3.8) is 0 Å². The molecule has 2 aromatic carbocycles. The number of para-hydroxylation sites is 1. The van der Waals surface area contributed by atoms with Crippen molar-refractivity contribution in [2.24, 2.45) is 0 Å². The van der Waals surface area contributed by atoms with E-state index >= 15 is 0 Å². The number of anilines is 1. The maximum absolute atomic E-state index is 12.8. The van der Waals surface area contributed by atoms with Gasteiger partial charge in [-0.2, -0.15) is 0 Å². The molecule has 144 valence electrons. The van der Waals surface area contributed by atoms with Crippen LogP contribution in [0.25, 0.3) is 0 Å². The summed E-state index contributed by atoms with van der Waals surface area (Å²) in [7, 11) is 0. The third-order valence-corrected chi connectivity index (χ3v) is 4.26. The van der Waals surface area contributed by atoms with Crippen molar-refractivity contribution in [3.8, 4) is 5.75 Å². The number of carbonyl (C=O) groups excluding carboxylic acids is 2. The van der Waals surface area contributed by atoms with Crippen LogP contribution in [-0.4, -0.2) is 35.9 Å². The molecular weight excluding hydrogens is 340 g/mol. The molecule has 0 fully saturated rings. The summed E-state index contributed by atoms with van der Waals surface area (Å²) in [6.07, 6.45) is 1.05. The summed E-state index contributed by atoms with van der Waals surface area (Å²) >= 11 is 0. The molecule has 1 N–H and O–H groups in total. The van der Waals surface area contributed by atoms with Crippen molar-refractivity contribution in [2.45, 2.75) is 39.7 Å². The largest absolute Gasteiger partial charge is 0.494 e. The third kappa shape index (κ3) is 6.13. The van der Waals surface area contributed by atoms with Crippen LogP contribution in [-0.2, 0) is 16.0 Å². The molecule has 27 heavy (non-hydrogen) atoms. The van der Waals surface area contributed by atoms with Crippen molar-refractivity contribution in [2.75, 3.05) is 18.5 Å². The maximum Gasteiger partial charge on any atom is 0.246 e. The van der Waals surface area contributed by atoms with E-state index in [4.69, 9.17) is 4.74 Å². The molecule has 0 saturated heterocycles. The number of amides is 2. The van der Waals surface area contributed by atoms with Gasteiger partial charge in [-0.05, 0) is 50.1 Å². The van der Waals surface area contributed by atoms with Gasteiger partial charge in [-0.3, -0.25) is 9.59 Å². The number of nitrogens with zero attached hydrogens (tertiary/aromatic N) is 1. The van der Waals surface area contributed by atoms with E-state index in [-0.39, 0.29) is 18.2 Å². The zero-order valence-electron chi connectivity index (χ0n) is 16.3. The molecule has 0 radical (unpaired) electrons. The maximum atomic E-state index is 12.8. The van der Waals surface area contributed by atoms with Gasteiger partial charge in [0.2, 0.25) is 11.8 Å². The lowest BCUT2D eigenvalue weighted by atomic mass is 10.1. The smallest absolute Gasteiger partial charge is 0.246 e. The summed E-state index contributed by atoms with van der Waals surface area (Å²) in [4.78, 5) is 27.1. The first-order valence-corrected chi connectivity index (χ1v) is 9.42. The molecule has 1 unspecified atom stereocenters. The molecule has 2 amide bonds. The van der Waals surface area contributed by atoms with Crippen LogP contribution in [0.1, 0.15) is 32.8 Å². The Kier molecular flexibility index (Phi) is 7.86. The second-order valence-corrected chi connectivity index (χ2v) is 6.37. The summed E-state index contributed by atoms with van der Waals surface area (Å²) in [5.74, 6) is 0.543. The van der Waals surface area contributed by atoms with Crippen LogP contribution in [0, 0.1) is 0 Å². The first-order chi connectivity index (χ1) is 13.0. The predicted molar refractivity (Wildman–Crippen MR) is 108 cm³/mol. The van der Waals surface area contributed by atoms with E-state index in [0.29, 0.717) is 13.2 Å². The number of nitrogens with one attached hydrogen (secondary N) is 1. The minimum atomic E-state index is -0.541. The standard InChI is InChI=1S/C22H28N2O3/c1-4-15-24(17(3)22(26)23-19-9-7-6-8-10-19)21(25)16-18-11-13-20(14-12-18)27-5-2/h6-14,17H,4-5,15-16H2,1-3H3,(H,23,26). The highest BCUT2D eigenvalue weighted by molar-refractivity contribution is 5.97. The van der Waals surface area contributed by atoms with E-state index in [2.05, 4.69) is 5.32 Å². The van der Waals surface area contributed by atoms with Gasteiger partial charge in [-0.1, -0.05) is 37.3 Å². The normalized spacial score (nSPS) is 11.5. The Labute approximate surface area is 161 Å². The van der Waals surface area contributed by atoms with Crippen molar-refractivity contribution < 1.29 is 14.3 Å². The summed E-state index contributed by atoms with van der Waals surface area (Å²) < 4.78 is 5.43. The molecule has 0 aromatic heterocycles. The van der Waals surface area contributed by atoms with Crippen molar-refractivity contribution in [1.29, 1.82) is 0 Å². The molecule has 5 nitrogen and oxygen atoms in total. The topological polar surface area (TPSA) is 58.6 Å². The Hall–Kier alpha value is -2.82. The highest BCUT2D eigenvalue weighted by Gasteiger charge is 2.25. The average molecular weight is 368 g/mol. The summed E-state index contributed by atoms with van der Waals surface area (Å²) in [6.45, 7) is 6.85. The molecule has 0 aliphatic heterocycles. The molecule has 0 aliphatic rings. The van der Waals surface area contributed by atoms with Crippen molar-refractivity contribution >= 4 is 17.5 Å². The Morgan fingerprint density at radius 1 is 1.04 bits per heavy atom. The van der Waals surface area contributed by atoms with Crippen LogP contribution in [0.15, 0.2) is 54.6 Å². The van der Waals surface area contributed by atoms with E-state index in [1.807, 2.05) is 68.4 Å². The van der Waals surface area contributed by atoms with Gasteiger partial charge in [0, 0.05) is 12.2 Å². The highest BCUT2D eigenvalue weighted by Crippen LogP contribution is 2.15. The van der Waals surface area contributed by atoms with Gasteiger partial charge in [0.1, 0.15) is 11.8 Å². The van der Waals surface area contributed by atoms with Crippen molar-refractivity contribution in [1.82, 2.24) is 4.90 Å². The van der Waals surface area contributed by atoms with Crippen LogP contribution < -0.4 is 10.1 Å². The van der Waals surface area contributed by atoms with Crippen molar-refractivity contribution in [3.05, 3.63) is 60.2 Å². The van der Waals surface area contributed by atoms with E-state index in [1.165, 1.54) is 0 Å². The Bertz CT molecular complexity index is 729. The number of hydrogen-bond acceptors (Lipinski definition) is 3. The van der Waals surface area contributed by atoms with Gasteiger partial charge >= 0.3 is 0 Å². The second-order valence-electron chi connectivity index (χ2n) is 6.37. The number of benzene rings is 2. The molecule has 0 aliphatic carbocycles. The van der Waals surface area contributed by atoms with Crippen LogP contribution in [0.3, 0.4) is 0 Å². The van der Waals surface area contributed by atoms with Crippen LogP contribution in [0.4, 0.5) is 5.69 Å². The lowest BCUT2D eigenvalue weighted by molar-refractivity contribution is -0.137. The van der Waals surface area contributed by atoms with Crippen LogP contribution >= 0.6 is 0 Å². The van der Waals surface area contributed by atoms with E-state index in [0.717, 1.165) is 23.4 Å². The van der Waals surface area contributed by atoms with Gasteiger partial charge in [0.15, 0.2) is 0 Å². The highest BCUT2D eigenvalue weighted by atomic mass is 16.5. The number of rotatable bonds is 9. The van der Waals surface area contributed by atoms with E-state index in [9.17, 15) is 9.59 Å². The number of hydrogen-bond donors (Lipinski definition) is 1. The molecule has 0 saturated carbocycles. The zero-order valence-corrected chi connectivity index (χ0v) is 16.3. The summed E-state index contributed by atoms with van der Waals surface area (Å²) in [5, 5.41) is 2.87. The third-order valence-electron chi connectivity index (χ3n) is 4.26. The molecular formula is C22H28N2O3. The van der Waals surface area contributed by atoms with Gasteiger partial charge in [0.05, 0.1) is 13.0 Å². The van der Waals surface area contributed by atoms with Gasteiger partial charge in [0.25, 0.3) is 0 Å². The summed E-state index contributed by atoms with van der Waals surface area (Å²) in [5.41, 5.74) is 1.63. The number of ether oxygens (including phenoxy) is 1. The molecule has 0 bridgehead atoms. The lowest BCUT2D eigenvalue weighted by Crippen LogP contribution is -2.46. The summed E-state index contributed by atoms with van der Waals surface area (Å²) in [6, 6.07) is 16.2. The molecule has 5 heteroatoms. The number of carbonyl (C=O) groups is 2. The quantitative estimate of drug-likeness (QED) is 0.730. The fourth-order valence-electron chi connectivity index (χ4n) is 2.83. The van der Waals surface area contributed by atoms with E-state index in [1.54, 1.807) is 11.8 Å². The molecule has 2 rings (SSSR count). The second kappa shape index (κ2) is 10.4. The fourth-order valence-corrected chi connectivity index (χ4v) is 2.83. The minimum Gasteiger partial charge on any atom is -0.494 e. The molecule has 0 heterocycles. The Balaban J connectivity index is 2.03. The fraction of sp³-hybridized carbons (Fsp3) is 0.364. The average Bonchev–Trinajstić information content (AvgIpc) is 2.68. The Morgan fingerprint density at radius 2 is 1.70 bits per heavy atom. The van der Waals surface area contributed by atoms with Gasteiger partial charge in [-0.15, -0.1) is 0 Å². The first kappa shape index (κ1) is 20.5. The molecule has 2 aromatic rings.